The lowest BCUT2D eigenvalue weighted by molar-refractivity contribution is -0.141. The number of hydrogen-bond donors (Lipinski definition) is 2. The third kappa shape index (κ3) is 3.41. The number of carbonyl (C=O) groups excluding carboxylic acids is 1. The summed E-state index contributed by atoms with van der Waals surface area (Å²) in [6, 6.07) is -1.13. The Hall–Kier alpha value is -1.11. The van der Waals surface area contributed by atoms with E-state index in [1.807, 2.05) is 0 Å². The van der Waals surface area contributed by atoms with E-state index in [2.05, 4.69) is 9.90 Å². The first kappa shape index (κ1) is 11.9. The molecule has 0 saturated carbocycles. The molecule has 0 aromatic carbocycles. The molecule has 0 aromatic rings. The predicted molar refractivity (Wildman–Crippen MR) is 48.1 cm³/mol. The number of aliphatic carboxylic acids is 1. The van der Waals surface area contributed by atoms with E-state index in [1.54, 1.807) is 0 Å². The lowest BCUT2D eigenvalue weighted by Gasteiger charge is -2.26. The predicted octanol–water partition coefficient (Wildman–Crippen LogP) is 0.379. The van der Waals surface area contributed by atoms with Crippen LogP contribution >= 0.6 is 11.9 Å². The van der Waals surface area contributed by atoms with E-state index in [0.717, 1.165) is 0 Å². The summed E-state index contributed by atoms with van der Waals surface area (Å²) in [6.07, 6.45) is 0.284. The highest BCUT2D eigenvalue weighted by Gasteiger charge is 2.36. The highest BCUT2D eigenvalue weighted by molar-refractivity contribution is 7.99. The number of nitrogens with zero attached hydrogens (tertiary/aromatic N) is 1. The van der Waals surface area contributed by atoms with Gasteiger partial charge < -0.3 is 10.4 Å². The lowest BCUT2D eigenvalue weighted by Crippen LogP contribution is -2.49. The number of rotatable bonds is 6. The van der Waals surface area contributed by atoms with Gasteiger partial charge in [0.15, 0.2) is 0 Å². The normalized spacial score (nSPS) is 13.1. The maximum Gasteiger partial charge on any atom is 0.327 e. The van der Waals surface area contributed by atoms with Crippen molar-refractivity contribution in [3.63, 3.8) is 0 Å². The first-order valence-electron chi connectivity index (χ1n) is 3.39. The second-order valence-electron chi connectivity index (χ2n) is 2.83. The molecule has 0 bridgehead atoms. The van der Waals surface area contributed by atoms with Gasteiger partial charge in [-0.1, -0.05) is 0 Å². The minimum Gasteiger partial charge on any atom is -0.480 e. The smallest absolute Gasteiger partial charge is 0.327 e. The summed E-state index contributed by atoms with van der Waals surface area (Å²) in [5.74, 6) is -1.20. The summed E-state index contributed by atoms with van der Waals surface area (Å²) < 4.78 is 1.58. The zero-order valence-corrected chi connectivity index (χ0v) is 8.00. The Morgan fingerprint density at radius 2 is 2.23 bits per heavy atom. The van der Waals surface area contributed by atoms with Crippen molar-refractivity contribution >= 4 is 24.3 Å². The summed E-state index contributed by atoms with van der Waals surface area (Å²) in [5.41, 5.74) is 0. The molecular weight excluding hydrogens is 196 g/mol. The van der Waals surface area contributed by atoms with Crippen LogP contribution in [-0.2, 0) is 9.59 Å². The fraction of sp³-hybridized carbons (Fsp3) is 0.667. The van der Waals surface area contributed by atoms with E-state index in [9.17, 15) is 14.5 Å². The molecule has 0 heterocycles. The second kappa shape index (κ2) is 4.80. The largest absolute Gasteiger partial charge is 0.480 e. The van der Waals surface area contributed by atoms with Crippen molar-refractivity contribution in [1.82, 2.24) is 5.32 Å². The molecule has 0 saturated heterocycles. The van der Waals surface area contributed by atoms with Crippen molar-refractivity contribution in [1.29, 1.82) is 0 Å². The quantitative estimate of drug-likeness (QED) is 0.372. The SMILES string of the molecule is CC(C)(SN=O)C(NC=O)C(=O)O. The third-order valence-electron chi connectivity index (χ3n) is 1.45. The summed E-state index contributed by atoms with van der Waals surface area (Å²) >= 11 is 0.577. The maximum absolute atomic E-state index is 10.6. The van der Waals surface area contributed by atoms with Gasteiger partial charge in [0.2, 0.25) is 6.41 Å². The molecule has 0 fully saturated rings. The zero-order chi connectivity index (χ0) is 10.5. The standard InChI is InChI=1S/C6H10N2O4S/c1-6(2,13-8-12)4(5(10)11)7-3-9/h3-4H,1-2H3,(H,7,9)(H,10,11). The number of hydrogen-bond acceptors (Lipinski definition) is 5. The van der Waals surface area contributed by atoms with Crippen molar-refractivity contribution in [2.75, 3.05) is 0 Å². The first-order chi connectivity index (χ1) is 5.95. The van der Waals surface area contributed by atoms with Crippen LogP contribution in [0.25, 0.3) is 0 Å². The Morgan fingerprint density at radius 1 is 1.69 bits per heavy atom. The lowest BCUT2D eigenvalue weighted by atomic mass is 10.0. The van der Waals surface area contributed by atoms with Crippen LogP contribution in [0.3, 0.4) is 0 Å². The molecule has 1 unspecified atom stereocenters. The molecule has 1 atom stereocenters. The molecule has 0 aromatic heterocycles. The minimum absolute atomic E-state index is 0.284. The molecule has 74 valence electrons. The average Bonchev–Trinajstić information content (AvgIpc) is 1.99. The van der Waals surface area contributed by atoms with Gasteiger partial charge in [-0.2, -0.15) is 0 Å². The molecule has 1 amide bonds. The van der Waals surface area contributed by atoms with E-state index in [4.69, 9.17) is 5.11 Å². The van der Waals surface area contributed by atoms with Gasteiger partial charge in [-0.25, -0.2) is 4.79 Å². The van der Waals surface area contributed by atoms with Crippen LogP contribution < -0.4 is 5.32 Å². The van der Waals surface area contributed by atoms with Gasteiger partial charge >= 0.3 is 5.97 Å². The number of nitroso groups, excluding NO2 is 1. The highest BCUT2D eigenvalue weighted by Crippen LogP contribution is 2.28. The van der Waals surface area contributed by atoms with Crippen LogP contribution in [0.4, 0.5) is 0 Å². The van der Waals surface area contributed by atoms with Gasteiger partial charge in [-0.3, -0.25) is 4.79 Å². The van der Waals surface area contributed by atoms with Gasteiger partial charge in [0, 0.05) is 16.5 Å². The molecule has 7 heteroatoms. The van der Waals surface area contributed by atoms with Crippen molar-refractivity contribution in [2.45, 2.75) is 24.6 Å². The Balaban J connectivity index is 4.59. The topological polar surface area (TPSA) is 95.8 Å². The molecule has 0 aliphatic heterocycles. The number of carboxylic acids is 1. The average molecular weight is 206 g/mol. The van der Waals surface area contributed by atoms with Gasteiger partial charge in [0.1, 0.15) is 6.04 Å². The van der Waals surface area contributed by atoms with Gasteiger partial charge in [0.25, 0.3) is 0 Å². The Bertz CT molecular complexity index is 219. The molecule has 0 radical (unpaired) electrons. The number of amides is 1. The summed E-state index contributed by atoms with van der Waals surface area (Å²) in [6.45, 7) is 3.02. The fourth-order valence-electron chi connectivity index (χ4n) is 0.786. The van der Waals surface area contributed by atoms with Crippen LogP contribution in [0.1, 0.15) is 13.8 Å². The van der Waals surface area contributed by atoms with E-state index < -0.39 is 16.8 Å². The maximum atomic E-state index is 10.6. The van der Waals surface area contributed by atoms with E-state index in [-0.39, 0.29) is 6.41 Å². The summed E-state index contributed by atoms with van der Waals surface area (Å²) in [7, 11) is 0. The third-order valence-corrected chi connectivity index (χ3v) is 2.23. The monoisotopic (exact) mass is 206 g/mol. The number of carbonyl (C=O) groups is 2. The van der Waals surface area contributed by atoms with E-state index in [1.165, 1.54) is 13.8 Å². The number of carboxylic acid groups (broad SMARTS) is 1. The van der Waals surface area contributed by atoms with Crippen LogP contribution in [0, 0.1) is 4.91 Å². The highest BCUT2D eigenvalue weighted by atomic mass is 32.2. The van der Waals surface area contributed by atoms with Crippen LogP contribution in [0.2, 0.25) is 0 Å². The van der Waals surface area contributed by atoms with Gasteiger partial charge in [0.05, 0.1) is 4.75 Å². The fourth-order valence-corrected chi connectivity index (χ4v) is 1.25. The van der Waals surface area contributed by atoms with Crippen LogP contribution in [0.5, 0.6) is 0 Å². The van der Waals surface area contributed by atoms with E-state index >= 15 is 0 Å². The molecule has 0 rings (SSSR count). The van der Waals surface area contributed by atoms with Crippen molar-refractivity contribution in [2.24, 2.45) is 4.58 Å². The molecule has 2 N–H and O–H groups in total. The molecule has 0 aliphatic rings. The number of nitrogens with one attached hydrogen (secondary N) is 1. The zero-order valence-electron chi connectivity index (χ0n) is 7.18. The van der Waals surface area contributed by atoms with Crippen molar-refractivity contribution < 1.29 is 14.7 Å². The van der Waals surface area contributed by atoms with Crippen LogP contribution in [0.15, 0.2) is 4.58 Å². The summed E-state index contributed by atoms with van der Waals surface area (Å²) in [4.78, 5) is 30.7. The van der Waals surface area contributed by atoms with Gasteiger partial charge in [-0.15, -0.1) is 4.91 Å². The Morgan fingerprint density at radius 3 is 2.54 bits per heavy atom. The van der Waals surface area contributed by atoms with Crippen molar-refractivity contribution in [3.05, 3.63) is 4.91 Å². The van der Waals surface area contributed by atoms with E-state index in [0.29, 0.717) is 11.9 Å². The second-order valence-corrected chi connectivity index (χ2v) is 4.21. The van der Waals surface area contributed by atoms with Crippen LogP contribution in [-0.4, -0.2) is 28.3 Å². The van der Waals surface area contributed by atoms with Crippen molar-refractivity contribution in [3.8, 4) is 0 Å². The molecule has 6 nitrogen and oxygen atoms in total. The molecule has 13 heavy (non-hydrogen) atoms. The molecular formula is C6H10N2O4S. The molecule has 0 aliphatic carbocycles. The summed E-state index contributed by atoms with van der Waals surface area (Å²) in [5, 5.41) is 10.8. The first-order valence-corrected chi connectivity index (χ1v) is 4.16. The Labute approximate surface area is 79.2 Å². The minimum atomic E-state index is -1.20. The molecule has 0 spiro atoms. The Kier molecular flexibility index (Phi) is 4.39. The van der Waals surface area contributed by atoms with Gasteiger partial charge in [-0.05, 0) is 13.8 Å².